The first-order valence-electron chi connectivity index (χ1n) is 10.3. The first-order chi connectivity index (χ1) is 15.0. The molecule has 0 aromatic heterocycles. The minimum absolute atomic E-state index is 0.0288. The molecule has 2 fully saturated rings. The summed E-state index contributed by atoms with van der Waals surface area (Å²) in [5.41, 5.74) is -1.03. The van der Waals surface area contributed by atoms with Crippen LogP contribution < -0.4 is 0 Å². The van der Waals surface area contributed by atoms with E-state index in [1.165, 1.54) is 0 Å². The van der Waals surface area contributed by atoms with Crippen LogP contribution in [0.25, 0.3) is 0 Å². The highest BCUT2D eigenvalue weighted by atomic mass is 16.7. The quantitative estimate of drug-likeness (QED) is 0.216. The van der Waals surface area contributed by atoms with Gasteiger partial charge in [0.2, 0.25) is 0 Å². The first kappa shape index (κ1) is 31.9. The third-order valence-electron chi connectivity index (χ3n) is 4.24. The lowest BCUT2D eigenvalue weighted by Crippen LogP contribution is -2.60. The minimum atomic E-state index is -1.39. The lowest BCUT2D eigenvalue weighted by molar-refractivity contribution is -0.320. The van der Waals surface area contributed by atoms with Crippen LogP contribution in [-0.2, 0) is 28.5 Å². The molecule has 0 unspecified atom stereocenters. The number of hydrogen-bond acceptors (Lipinski definition) is 13. The summed E-state index contributed by atoms with van der Waals surface area (Å²) in [5, 5.41) is 65.6. The molecule has 7 N–H and O–H groups in total. The molecule has 13 heteroatoms. The molecule has 2 rings (SSSR count). The molecule has 0 radical (unpaired) electrons. The summed E-state index contributed by atoms with van der Waals surface area (Å²) in [6.45, 7) is 10.3. The fourth-order valence-electron chi connectivity index (χ4n) is 2.74. The van der Waals surface area contributed by atoms with Gasteiger partial charge in [-0.3, -0.25) is 0 Å². The van der Waals surface area contributed by atoms with Gasteiger partial charge in [0, 0.05) is 0 Å². The predicted molar refractivity (Wildman–Crippen MR) is 108 cm³/mol. The molecule has 0 amide bonds. The average Bonchev–Trinajstić information content (AvgIpc) is 2.68. The average molecular weight is 487 g/mol. The summed E-state index contributed by atoms with van der Waals surface area (Å²) >= 11 is 0. The van der Waals surface area contributed by atoms with E-state index in [0.717, 1.165) is 0 Å². The van der Waals surface area contributed by atoms with Gasteiger partial charge in [0.25, 0.3) is 0 Å². The highest BCUT2D eigenvalue weighted by Gasteiger charge is 2.45. The Kier molecular flexibility index (Phi) is 13.3. The molecule has 2 heterocycles. The predicted octanol–water partition coefficient (Wildman–Crippen LogP) is -2.74. The summed E-state index contributed by atoms with van der Waals surface area (Å²) in [6, 6.07) is 0. The van der Waals surface area contributed by atoms with Crippen molar-refractivity contribution < 1.29 is 64.3 Å². The van der Waals surface area contributed by atoms with Gasteiger partial charge >= 0.3 is 6.15 Å². The van der Waals surface area contributed by atoms with Crippen molar-refractivity contribution in [2.45, 2.75) is 108 Å². The van der Waals surface area contributed by atoms with Gasteiger partial charge in [-0.15, -0.1) is 0 Å². The number of ether oxygens (including phenoxy) is 4. The van der Waals surface area contributed by atoms with Gasteiger partial charge in [0.05, 0.1) is 24.4 Å². The summed E-state index contributed by atoms with van der Waals surface area (Å²) < 4.78 is 21.0. The molecular weight excluding hydrogens is 448 g/mol. The molecule has 0 bridgehead atoms. The Morgan fingerprint density at radius 3 is 1.61 bits per heavy atom. The third-order valence-corrected chi connectivity index (χ3v) is 4.24. The van der Waals surface area contributed by atoms with Crippen molar-refractivity contribution in [3.8, 4) is 0 Å². The number of aliphatic hydroxyl groups excluding tert-OH is 7. The Balaban J connectivity index is 0.000000558. The number of hydrogen-bond donors (Lipinski definition) is 7. The zero-order valence-electron chi connectivity index (χ0n) is 19.7. The normalized spacial score (nSPS) is 37.1. The van der Waals surface area contributed by atoms with Crippen LogP contribution in [0.4, 0.5) is 0 Å². The molecule has 13 nitrogen and oxygen atoms in total. The third kappa shape index (κ3) is 11.3. The second-order valence-electron chi connectivity index (χ2n) is 9.49. The summed E-state index contributed by atoms with van der Waals surface area (Å²) in [7, 11) is 0. The lowest BCUT2D eigenvalue weighted by Gasteiger charge is -2.41. The van der Waals surface area contributed by atoms with Gasteiger partial charge in [0.1, 0.15) is 42.7 Å². The Labute approximate surface area is 192 Å². The maximum Gasteiger partial charge on any atom is 0.373 e. The van der Waals surface area contributed by atoms with Crippen LogP contribution in [0.15, 0.2) is 0 Å². The molecule has 196 valence electrons. The summed E-state index contributed by atoms with van der Waals surface area (Å²) in [5.74, 6) is 0. The maximum atomic E-state index is 9.64. The van der Waals surface area contributed by atoms with Crippen LogP contribution in [0.3, 0.4) is 0 Å². The van der Waals surface area contributed by atoms with Gasteiger partial charge in [-0.2, -0.15) is 9.59 Å². The van der Waals surface area contributed by atoms with Crippen molar-refractivity contribution in [2.75, 3.05) is 13.2 Å². The fourth-order valence-corrected chi connectivity index (χ4v) is 2.74. The van der Waals surface area contributed by atoms with Gasteiger partial charge < -0.3 is 54.7 Å². The Hall–Kier alpha value is -1.06. The largest absolute Gasteiger partial charge is 0.394 e. The molecule has 0 aromatic carbocycles. The van der Waals surface area contributed by atoms with Crippen molar-refractivity contribution in [1.82, 2.24) is 0 Å². The fraction of sp³-hybridized carbons (Fsp3) is 0.950. The molecule has 33 heavy (non-hydrogen) atoms. The molecule has 9 atom stereocenters. The first-order valence-corrected chi connectivity index (χ1v) is 10.3. The van der Waals surface area contributed by atoms with Crippen LogP contribution in [0.2, 0.25) is 0 Å². The van der Waals surface area contributed by atoms with Gasteiger partial charge in [0.15, 0.2) is 12.6 Å². The van der Waals surface area contributed by atoms with E-state index < -0.39 is 73.1 Å². The molecule has 0 aromatic rings. The SMILES string of the molecule is CC(C)(C)O[C@@H]1OC[C@@H](O)[C@H](O)[C@H]1O.CC(C)(C)O[C@@H]1O[C@H](CO)[C@@H](O)[C@H](O)[C@H]1O.O=C=O. The van der Waals surface area contributed by atoms with Gasteiger partial charge in [-0.1, -0.05) is 0 Å². The second-order valence-corrected chi connectivity index (χ2v) is 9.49. The zero-order chi connectivity index (χ0) is 26.1. The molecule has 0 aliphatic carbocycles. The van der Waals surface area contributed by atoms with E-state index in [1.807, 2.05) is 20.8 Å². The van der Waals surface area contributed by atoms with Crippen LogP contribution in [0.5, 0.6) is 0 Å². The van der Waals surface area contributed by atoms with Crippen LogP contribution in [0.1, 0.15) is 41.5 Å². The minimum Gasteiger partial charge on any atom is -0.394 e. The van der Waals surface area contributed by atoms with Crippen LogP contribution >= 0.6 is 0 Å². The smallest absolute Gasteiger partial charge is 0.373 e. The monoisotopic (exact) mass is 486 g/mol. The summed E-state index contributed by atoms with van der Waals surface area (Å²) in [6.07, 6.45) is -10.2. The number of rotatable bonds is 3. The topological polar surface area (TPSA) is 213 Å². The van der Waals surface area contributed by atoms with Crippen molar-refractivity contribution in [3.05, 3.63) is 0 Å². The highest BCUT2D eigenvalue weighted by Crippen LogP contribution is 2.25. The van der Waals surface area contributed by atoms with Crippen molar-refractivity contribution in [3.63, 3.8) is 0 Å². The van der Waals surface area contributed by atoms with Gasteiger partial charge in [-0.25, -0.2) is 0 Å². The second kappa shape index (κ2) is 13.7. The molecule has 2 aliphatic heterocycles. The molecule has 2 aliphatic rings. The van der Waals surface area contributed by atoms with Crippen LogP contribution in [0, 0.1) is 0 Å². The Morgan fingerprint density at radius 1 is 0.758 bits per heavy atom. The van der Waals surface area contributed by atoms with E-state index in [0.29, 0.717) is 0 Å². The van der Waals surface area contributed by atoms with E-state index in [9.17, 15) is 30.6 Å². The van der Waals surface area contributed by atoms with E-state index in [-0.39, 0.29) is 12.8 Å². The molecule has 0 saturated carbocycles. The van der Waals surface area contributed by atoms with Crippen molar-refractivity contribution >= 4 is 6.15 Å². The molecule has 0 spiro atoms. The highest BCUT2D eigenvalue weighted by molar-refractivity contribution is 5.20. The standard InChI is InChI=1S/C10H20O6.C9H18O5.CO2/c1-10(2,3)16-9-8(14)7(13)6(12)5(4-11)15-9;1-9(2,3)14-8-7(12)6(11)5(10)4-13-8;2-1-3/h5-9,11-14H,4H2,1-3H3;5-8,10-12H,4H2,1-3H3;/t5-,6-,7+,8-,9+;5-,6+,7-,8+;/m11./s1. The van der Waals surface area contributed by atoms with Gasteiger partial charge in [-0.05, 0) is 41.5 Å². The van der Waals surface area contributed by atoms with E-state index in [4.69, 9.17) is 33.6 Å². The van der Waals surface area contributed by atoms with E-state index >= 15 is 0 Å². The lowest BCUT2D eigenvalue weighted by atomic mass is 9.99. The van der Waals surface area contributed by atoms with E-state index in [2.05, 4.69) is 0 Å². The number of aliphatic hydroxyl groups is 7. The Morgan fingerprint density at radius 2 is 1.18 bits per heavy atom. The zero-order valence-corrected chi connectivity index (χ0v) is 19.7. The number of carbonyl (C=O) groups excluding carboxylic acids is 2. The Bertz CT molecular complexity index is 579. The van der Waals surface area contributed by atoms with Crippen molar-refractivity contribution in [1.29, 1.82) is 0 Å². The maximum absolute atomic E-state index is 9.64. The summed E-state index contributed by atoms with van der Waals surface area (Å²) in [4.78, 5) is 16.2. The van der Waals surface area contributed by atoms with E-state index in [1.54, 1.807) is 20.8 Å². The molecule has 2 saturated heterocycles. The van der Waals surface area contributed by atoms with Crippen molar-refractivity contribution in [2.24, 2.45) is 0 Å². The van der Waals surface area contributed by atoms with Crippen LogP contribution in [-0.4, -0.2) is 122 Å². The molecular formula is C20H38O13.